The Balaban J connectivity index is 1.62. The number of hydrogen-bond donors (Lipinski definition) is 1. The minimum absolute atomic E-state index is 0.175. The fraction of sp³-hybridized carbons (Fsp3) is 0.125. The predicted octanol–water partition coefficient (Wildman–Crippen LogP) is 5.91. The minimum atomic E-state index is -0.175. The van der Waals surface area contributed by atoms with Crippen LogP contribution in [0.4, 0.5) is 0 Å². The summed E-state index contributed by atoms with van der Waals surface area (Å²) < 4.78 is 11.3. The van der Waals surface area contributed by atoms with E-state index in [0.717, 1.165) is 11.1 Å². The number of carbonyl (C=O) groups excluding carboxylic acids is 1. The second-order valence-corrected chi connectivity index (χ2v) is 7.25. The molecule has 4 nitrogen and oxygen atoms in total. The average molecular weight is 442 g/mol. The third-order valence-corrected chi connectivity index (χ3v) is 5.07. The standard InChI is InChI=1S/C24H21Cl2NO3/c1-29-23-14-17(11-13-24(28)27-15-18-6-3-2-4-7-18)10-12-22(23)30-16-19-20(25)8-5-9-21(19)26/h2-14H,15-16H2,1H3,(H,27,28)/b13-11+. The van der Waals surface area contributed by atoms with E-state index in [1.807, 2.05) is 36.4 Å². The van der Waals surface area contributed by atoms with E-state index in [1.54, 1.807) is 43.5 Å². The van der Waals surface area contributed by atoms with Gasteiger partial charge in [0.15, 0.2) is 11.5 Å². The van der Waals surface area contributed by atoms with E-state index in [0.29, 0.717) is 33.7 Å². The number of hydrogen-bond acceptors (Lipinski definition) is 3. The number of carbonyl (C=O) groups is 1. The summed E-state index contributed by atoms with van der Waals surface area (Å²) in [5, 5.41) is 3.94. The lowest BCUT2D eigenvalue weighted by atomic mass is 10.1. The molecule has 0 radical (unpaired) electrons. The van der Waals surface area contributed by atoms with Crippen LogP contribution in [0, 0.1) is 0 Å². The van der Waals surface area contributed by atoms with Gasteiger partial charge in [-0.15, -0.1) is 0 Å². The molecule has 0 unspecified atom stereocenters. The fourth-order valence-electron chi connectivity index (χ4n) is 2.74. The van der Waals surface area contributed by atoms with E-state index in [1.165, 1.54) is 6.08 Å². The van der Waals surface area contributed by atoms with Crippen LogP contribution in [-0.4, -0.2) is 13.0 Å². The van der Waals surface area contributed by atoms with Gasteiger partial charge in [0.1, 0.15) is 6.61 Å². The molecule has 0 saturated carbocycles. The zero-order chi connectivity index (χ0) is 21.3. The highest BCUT2D eigenvalue weighted by molar-refractivity contribution is 6.35. The van der Waals surface area contributed by atoms with Crippen molar-refractivity contribution in [3.05, 3.63) is 99.5 Å². The number of amides is 1. The van der Waals surface area contributed by atoms with Gasteiger partial charge >= 0.3 is 0 Å². The van der Waals surface area contributed by atoms with Crippen molar-refractivity contribution in [3.8, 4) is 11.5 Å². The average Bonchev–Trinajstić information content (AvgIpc) is 2.77. The summed E-state index contributed by atoms with van der Waals surface area (Å²) in [6.07, 6.45) is 3.21. The first kappa shape index (κ1) is 21.8. The third-order valence-electron chi connectivity index (χ3n) is 4.36. The molecule has 0 saturated heterocycles. The fourth-order valence-corrected chi connectivity index (χ4v) is 3.25. The smallest absolute Gasteiger partial charge is 0.244 e. The zero-order valence-electron chi connectivity index (χ0n) is 16.4. The lowest BCUT2D eigenvalue weighted by molar-refractivity contribution is -0.116. The first-order valence-electron chi connectivity index (χ1n) is 9.30. The summed E-state index contributed by atoms with van der Waals surface area (Å²) in [6.45, 7) is 0.691. The Kier molecular flexibility index (Phi) is 7.77. The topological polar surface area (TPSA) is 47.6 Å². The first-order valence-corrected chi connectivity index (χ1v) is 10.1. The van der Waals surface area contributed by atoms with Crippen LogP contribution in [0.25, 0.3) is 6.08 Å². The summed E-state index contributed by atoms with van der Waals surface area (Å²) in [6, 6.07) is 20.5. The maximum Gasteiger partial charge on any atom is 0.244 e. The second kappa shape index (κ2) is 10.7. The molecule has 1 N–H and O–H groups in total. The van der Waals surface area contributed by atoms with Gasteiger partial charge in [-0.25, -0.2) is 0 Å². The van der Waals surface area contributed by atoms with E-state index in [2.05, 4.69) is 5.32 Å². The number of nitrogens with one attached hydrogen (secondary N) is 1. The van der Waals surface area contributed by atoms with Gasteiger partial charge in [0.2, 0.25) is 5.91 Å². The van der Waals surface area contributed by atoms with Crippen LogP contribution in [0.3, 0.4) is 0 Å². The second-order valence-electron chi connectivity index (χ2n) is 6.44. The van der Waals surface area contributed by atoms with Gasteiger partial charge in [-0.1, -0.05) is 65.7 Å². The molecule has 154 valence electrons. The van der Waals surface area contributed by atoms with Crippen molar-refractivity contribution in [1.82, 2.24) is 5.32 Å². The molecule has 3 rings (SSSR count). The lowest BCUT2D eigenvalue weighted by Crippen LogP contribution is -2.20. The zero-order valence-corrected chi connectivity index (χ0v) is 17.9. The Morgan fingerprint density at radius 3 is 2.40 bits per heavy atom. The van der Waals surface area contributed by atoms with E-state index in [-0.39, 0.29) is 12.5 Å². The highest BCUT2D eigenvalue weighted by Crippen LogP contribution is 2.31. The van der Waals surface area contributed by atoms with Gasteiger partial charge in [-0.3, -0.25) is 4.79 Å². The molecule has 0 aliphatic carbocycles. The molecular formula is C24H21Cl2NO3. The monoisotopic (exact) mass is 441 g/mol. The maximum absolute atomic E-state index is 12.1. The summed E-state index contributed by atoms with van der Waals surface area (Å²) in [7, 11) is 1.56. The number of rotatable bonds is 8. The van der Waals surface area contributed by atoms with Gasteiger partial charge < -0.3 is 14.8 Å². The summed E-state index contributed by atoms with van der Waals surface area (Å²) in [5.41, 5.74) is 2.56. The molecule has 6 heteroatoms. The Bertz CT molecular complexity index is 1020. The van der Waals surface area contributed by atoms with Crippen LogP contribution >= 0.6 is 23.2 Å². The number of methoxy groups -OCH3 is 1. The molecule has 3 aromatic carbocycles. The highest BCUT2D eigenvalue weighted by Gasteiger charge is 2.10. The third kappa shape index (κ3) is 6.02. The van der Waals surface area contributed by atoms with Crippen LogP contribution in [0.2, 0.25) is 10.0 Å². The Labute approximate surface area is 186 Å². The molecule has 1 amide bonds. The number of ether oxygens (including phenoxy) is 2. The van der Waals surface area contributed by atoms with Crippen molar-refractivity contribution in [2.45, 2.75) is 13.2 Å². The molecule has 0 spiro atoms. The normalized spacial score (nSPS) is 10.8. The number of benzene rings is 3. The quantitative estimate of drug-likeness (QED) is 0.441. The van der Waals surface area contributed by atoms with E-state index in [9.17, 15) is 4.79 Å². The van der Waals surface area contributed by atoms with Crippen molar-refractivity contribution in [1.29, 1.82) is 0 Å². The van der Waals surface area contributed by atoms with Gasteiger partial charge in [0.25, 0.3) is 0 Å². The van der Waals surface area contributed by atoms with Crippen molar-refractivity contribution < 1.29 is 14.3 Å². The van der Waals surface area contributed by atoms with Gasteiger partial charge in [0, 0.05) is 28.2 Å². The van der Waals surface area contributed by atoms with Crippen LogP contribution < -0.4 is 14.8 Å². The Morgan fingerprint density at radius 2 is 1.70 bits per heavy atom. The SMILES string of the molecule is COc1cc(/C=C/C(=O)NCc2ccccc2)ccc1OCc1c(Cl)cccc1Cl. The Hall–Kier alpha value is -2.95. The van der Waals surface area contributed by atoms with Crippen LogP contribution in [0.5, 0.6) is 11.5 Å². The molecule has 30 heavy (non-hydrogen) atoms. The van der Waals surface area contributed by atoms with E-state index >= 15 is 0 Å². The Morgan fingerprint density at radius 1 is 0.967 bits per heavy atom. The molecule has 0 atom stereocenters. The molecule has 0 aromatic heterocycles. The van der Waals surface area contributed by atoms with Gasteiger partial charge in [0.05, 0.1) is 7.11 Å². The molecule has 0 heterocycles. The minimum Gasteiger partial charge on any atom is -0.493 e. The molecule has 0 bridgehead atoms. The van der Waals surface area contributed by atoms with Gasteiger partial charge in [-0.2, -0.15) is 0 Å². The highest BCUT2D eigenvalue weighted by atomic mass is 35.5. The summed E-state index contributed by atoms with van der Waals surface area (Å²) >= 11 is 12.4. The van der Waals surface area contributed by atoms with E-state index < -0.39 is 0 Å². The molecule has 0 fully saturated rings. The lowest BCUT2D eigenvalue weighted by Gasteiger charge is -2.13. The van der Waals surface area contributed by atoms with Crippen LogP contribution in [-0.2, 0) is 17.9 Å². The summed E-state index contributed by atoms with van der Waals surface area (Å²) in [5.74, 6) is 0.927. The molecule has 0 aliphatic rings. The van der Waals surface area contributed by atoms with Crippen LogP contribution in [0.1, 0.15) is 16.7 Å². The number of halogens is 2. The van der Waals surface area contributed by atoms with Crippen LogP contribution in [0.15, 0.2) is 72.8 Å². The van der Waals surface area contributed by atoms with Crippen molar-refractivity contribution >= 4 is 35.2 Å². The van der Waals surface area contributed by atoms with Crippen molar-refractivity contribution in [3.63, 3.8) is 0 Å². The summed E-state index contributed by atoms with van der Waals surface area (Å²) in [4.78, 5) is 12.1. The first-order chi connectivity index (χ1) is 14.6. The van der Waals surface area contributed by atoms with Crippen molar-refractivity contribution in [2.75, 3.05) is 7.11 Å². The van der Waals surface area contributed by atoms with Gasteiger partial charge in [-0.05, 0) is 41.5 Å². The molecular weight excluding hydrogens is 421 g/mol. The molecule has 0 aliphatic heterocycles. The van der Waals surface area contributed by atoms with Crippen molar-refractivity contribution in [2.24, 2.45) is 0 Å². The molecule has 3 aromatic rings. The largest absolute Gasteiger partial charge is 0.493 e. The van der Waals surface area contributed by atoms with E-state index in [4.69, 9.17) is 32.7 Å². The predicted molar refractivity (Wildman–Crippen MR) is 121 cm³/mol. The maximum atomic E-state index is 12.1.